The van der Waals surface area contributed by atoms with Gasteiger partial charge in [-0.1, -0.05) is 5.16 Å². The van der Waals surface area contributed by atoms with Crippen molar-refractivity contribution in [2.45, 2.75) is 19.9 Å². The Bertz CT molecular complexity index is 939. The lowest BCUT2D eigenvalue weighted by atomic mass is 10.3. The summed E-state index contributed by atoms with van der Waals surface area (Å²) >= 11 is 0. The molecule has 3 aromatic rings. The summed E-state index contributed by atoms with van der Waals surface area (Å²) in [4.78, 5) is 22.3. The molecule has 10 heteroatoms. The fourth-order valence-corrected chi connectivity index (χ4v) is 2.40. The van der Waals surface area contributed by atoms with Gasteiger partial charge in [-0.3, -0.25) is 4.79 Å². The molecule has 0 saturated heterocycles. The molecule has 3 aromatic heterocycles. The number of hydrogen-bond donors (Lipinski definition) is 1. The van der Waals surface area contributed by atoms with E-state index in [1.165, 1.54) is 6.33 Å². The largest absolute Gasteiger partial charge is 0.360 e. The molecule has 0 aliphatic heterocycles. The highest BCUT2D eigenvalue weighted by Crippen LogP contribution is 2.21. The number of aromatic nitrogens is 5. The van der Waals surface area contributed by atoms with Gasteiger partial charge >= 0.3 is 0 Å². The van der Waals surface area contributed by atoms with Gasteiger partial charge in [0.25, 0.3) is 0 Å². The zero-order chi connectivity index (χ0) is 17.8. The summed E-state index contributed by atoms with van der Waals surface area (Å²) in [5, 5.41) is 20.1. The van der Waals surface area contributed by atoms with Crippen molar-refractivity contribution in [1.29, 1.82) is 5.26 Å². The highest BCUT2D eigenvalue weighted by molar-refractivity contribution is 5.95. The Morgan fingerprint density at radius 2 is 2.32 bits per heavy atom. The second-order valence-corrected chi connectivity index (χ2v) is 5.44. The summed E-state index contributed by atoms with van der Waals surface area (Å²) in [6.07, 6.45) is 3.39. The summed E-state index contributed by atoms with van der Waals surface area (Å²) in [6, 6.07) is 3.72. The lowest BCUT2D eigenvalue weighted by Crippen LogP contribution is -2.30. The molecule has 1 amide bonds. The third kappa shape index (κ3) is 3.55. The van der Waals surface area contributed by atoms with Crippen LogP contribution < -0.4 is 10.2 Å². The maximum Gasteiger partial charge on any atom is 0.245 e. The quantitative estimate of drug-likeness (QED) is 0.707. The van der Waals surface area contributed by atoms with E-state index in [-0.39, 0.29) is 12.5 Å². The molecule has 25 heavy (non-hydrogen) atoms. The highest BCUT2D eigenvalue weighted by Gasteiger charge is 2.16. The molecule has 0 aliphatic carbocycles. The monoisotopic (exact) mass is 340 g/mol. The van der Waals surface area contributed by atoms with Gasteiger partial charge in [0.2, 0.25) is 5.91 Å². The molecule has 0 radical (unpaired) electrons. The second-order valence-electron chi connectivity index (χ2n) is 5.44. The SMILES string of the molecule is Cc1cc(NC(=O)CN(C)c2ncnc3c2cnn3CCC#N)no1. The zero-order valence-electron chi connectivity index (χ0n) is 13.8. The molecular formula is C15H16N8O2. The number of nitrogens with one attached hydrogen (secondary N) is 1. The Balaban J connectivity index is 1.75. The number of nitrogens with zero attached hydrogens (tertiary/aromatic N) is 7. The predicted octanol–water partition coefficient (Wildman–Crippen LogP) is 1.11. The van der Waals surface area contributed by atoms with Gasteiger partial charge in [0, 0.05) is 13.1 Å². The Kier molecular flexibility index (Phi) is 4.56. The fraction of sp³-hybridized carbons (Fsp3) is 0.333. The van der Waals surface area contributed by atoms with Gasteiger partial charge in [0.1, 0.15) is 17.9 Å². The summed E-state index contributed by atoms with van der Waals surface area (Å²) in [5.41, 5.74) is 0.625. The number of carbonyl (C=O) groups is 1. The maximum absolute atomic E-state index is 12.2. The van der Waals surface area contributed by atoms with E-state index >= 15 is 0 Å². The molecule has 0 saturated carbocycles. The van der Waals surface area contributed by atoms with Crippen molar-refractivity contribution in [1.82, 2.24) is 24.9 Å². The Hall–Kier alpha value is -3.48. The van der Waals surface area contributed by atoms with Gasteiger partial charge < -0.3 is 14.7 Å². The molecular weight excluding hydrogens is 324 g/mol. The number of nitriles is 1. The molecule has 3 heterocycles. The molecule has 0 spiro atoms. The van der Waals surface area contributed by atoms with Crippen molar-refractivity contribution in [2.24, 2.45) is 0 Å². The van der Waals surface area contributed by atoms with E-state index in [0.29, 0.717) is 41.4 Å². The van der Waals surface area contributed by atoms with Gasteiger partial charge in [-0.05, 0) is 6.92 Å². The van der Waals surface area contributed by atoms with E-state index in [4.69, 9.17) is 9.78 Å². The molecule has 10 nitrogen and oxygen atoms in total. The maximum atomic E-state index is 12.2. The van der Waals surface area contributed by atoms with Gasteiger partial charge in [-0.15, -0.1) is 0 Å². The smallest absolute Gasteiger partial charge is 0.245 e. The lowest BCUT2D eigenvalue weighted by Gasteiger charge is -2.17. The Labute approximate surface area is 143 Å². The van der Waals surface area contributed by atoms with E-state index in [1.807, 2.05) is 0 Å². The molecule has 0 bridgehead atoms. The van der Waals surface area contributed by atoms with Crippen LogP contribution in [0.15, 0.2) is 23.1 Å². The Morgan fingerprint density at radius 1 is 1.48 bits per heavy atom. The van der Waals surface area contributed by atoms with Crippen molar-refractivity contribution in [2.75, 3.05) is 23.8 Å². The van der Waals surface area contributed by atoms with Crippen LogP contribution in [-0.4, -0.2) is 44.4 Å². The van der Waals surface area contributed by atoms with Gasteiger partial charge in [0.05, 0.1) is 37.2 Å². The van der Waals surface area contributed by atoms with Crippen molar-refractivity contribution < 1.29 is 9.32 Å². The molecule has 1 N–H and O–H groups in total. The van der Waals surface area contributed by atoms with Crippen LogP contribution in [0.4, 0.5) is 11.6 Å². The van der Waals surface area contributed by atoms with Crippen LogP contribution in [0.25, 0.3) is 11.0 Å². The minimum atomic E-state index is -0.251. The number of rotatable bonds is 6. The van der Waals surface area contributed by atoms with Crippen LogP contribution in [0.2, 0.25) is 0 Å². The van der Waals surface area contributed by atoms with Crippen LogP contribution in [0, 0.1) is 18.3 Å². The molecule has 0 unspecified atom stereocenters. The summed E-state index contributed by atoms with van der Waals surface area (Å²) in [5.74, 6) is 1.32. The van der Waals surface area contributed by atoms with Gasteiger partial charge in [0.15, 0.2) is 11.5 Å². The molecule has 128 valence electrons. The molecule has 0 aliphatic rings. The fourth-order valence-electron chi connectivity index (χ4n) is 2.40. The van der Waals surface area contributed by atoms with E-state index in [1.54, 1.807) is 35.8 Å². The minimum absolute atomic E-state index is 0.0708. The lowest BCUT2D eigenvalue weighted by molar-refractivity contribution is -0.115. The molecule has 3 rings (SSSR count). The topological polar surface area (TPSA) is 126 Å². The molecule has 0 atom stereocenters. The van der Waals surface area contributed by atoms with Crippen LogP contribution in [0.1, 0.15) is 12.2 Å². The summed E-state index contributed by atoms with van der Waals surface area (Å²) in [7, 11) is 1.75. The number of anilines is 2. The average molecular weight is 340 g/mol. The van der Waals surface area contributed by atoms with Gasteiger partial charge in [-0.2, -0.15) is 10.4 Å². The number of likely N-dealkylation sites (N-methyl/N-ethyl adjacent to an activating group) is 1. The highest BCUT2D eigenvalue weighted by atomic mass is 16.5. The zero-order valence-corrected chi connectivity index (χ0v) is 13.8. The van der Waals surface area contributed by atoms with E-state index < -0.39 is 0 Å². The van der Waals surface area contributed by atoms with Crippen molar-refractivity contribution in [3.8, 4) is 6.07 Å². The average Bonchev–Trinajstić information content (AvgIpc) is 3.18. The third-order valence-electron chi connectivity index (χ3n) is 3.49. The normalized spacial score (nSPS) is 10.6. The first kappa shape index (κ1) is 16.4. The van der Waals surface area contributed by atoms with Crippen LogP contribution >= 0.6 is 0 Å². The Morgan fingerprint density at radius 3 is 3.04 bits per heavy atom. The van der Waals surface area contributed by atoms with Crippen LogP contribution in [0.3, 0.4) is 0 Å². The summed E-state index contributed by atoms with van der Waals surface area (Å²) in [6.45, 7) is 2.27. The summed E-state index contributed by atoms with van der Waals surface area (Å²) < 4.78 is 6.56. The van der Waals surface area contributed by atoms with Crippen LogP contribution in [-0.2, 0) is 11.3 Å². The minimum Gasteiger partial charge on any atom is -0.360 e. The van der Waals surface area contributed by atoms with E-state index in [9.17, 15) is 4.79 Å². The number of fused-ring (bicyclic) bond motifs is 1. The van der Waals surface area contributed by atoms with Crippen molar-refractivity contribution in [3.05, 3.63) is 24.4 Å². The predicted molar refractivity (Wildman–Crippen MR) is 88.7 cm³/mol. The first-order chi connectivity index (χ1) is 12.1. The number of amides is 1. The van der Waals surface area contributed by atoms with E-state index in [2.05, 4.69) is 31.6 Å². The number of carbonyl (C=O) groups excluding carboxylic acids is 1. The van der Waals surface area contributed by atoms with Crippen LogP contribution in [0.5, 0.6) is 0 Å². The third-order valence-corrected chi connectivity index (χ3v) is 3.49. The van der Waals surface area contributed by atoms with E-state index in [0.717, 1.165) is 0 Å². The molecule has 0 fully saturated rings. The number of hydrogen-bond acceptors (Lipinski definition) is 8. The van der Waals surface area contributed by atoms with Crippen molar-refractivity contribution in [3.63, 3.8) is 0 Å². The van der Waals surface area contributed by atoms with Gasteiger partial charge in [-0.25, -0.2) is 14.6 Å². The standard InChI is InChI=1S/C15H16N8O2/c1-10-6-12(21-25-10)20-13(24)8-22(2)14-11-7-19-23(5-3-4-16)15(11)18-9-17-14/h6-7,9H,3,5,8H2,1-2H3,(H,20,21,24). The first-order valence-electron chi connectivity index (χ1n) is 7.56. The first-order valence-corrected chi connectivity index (χ1v) is 7.56. The number of aryl methyl sites for hydroxylation is 2. The van der Waals surface area contributed by atoms with Crippen molar-refractivity contribution >= 4 is 28.6 Å². The second kappa shape index (κ2) is 6.96. The molecule has 0 aromatic carbocycles.